The fourth-order valence-corrected chi connectivity index (χ4v) is 1.32. The first-order valence-corrected chi connectivity index (χ1v) is 5.53. The molecule has 0 aliphatic carbocycles. The van der Waals surface area contributed by atoms with Gasteiger partial charge in [0.25, 0.3) is 0 Å². The molecule has 0 aliphatic heterocycles. The number of ketones is 2. The van der Waals surface area contributed by atoms with Crippen LogP contribution in [0, 0.1) is 5.82 Å². The molecule has 4 nitrogen and oxygen atoms in total. The van der Waals surface area contributed by atoms with E-state index in [0.29, 0.717) is 5.56 Å². The smallest absolute Gasteiger partial charge is 0.374 e. The second-order valence-electron chi connectivity index (χ2n) is 3.57. The predicted molar refractivity (Wildman–Crippen MR) is 61.6 cm³/mol. The highest BCUT2D eigenvalue weighted by atomic mass is 19.1. The van der Waals surface area contributed by atoms with Gasteiger partial charge in [-0.2, -0.15) is 0 Å². The van der Waals surface area contributed by atoms with Crippen molar-refractivity contribution in [2.24, 2.45) is 0 Å². The summed E-state index contributed by atoms with van der Waals surface area (Å²) in [6.45, 7) is 1.71. The first-order chi connectivity index (χ1) is 8.54. The highest BCUT2D eigenvalue weighted by Crippen LogP contribution is 2.07. The Morgan fingerprint density at radius 3 is 2.28 bits per heavy atom. The van der Waals surface area contributed by atoms with Crippen LogP contribution < -0.4 is 0 Å². The summed E-state index contributed by atoms with van der Waals surface area (Å²) in [4.78, 5) is 33.9. The molecule has 0 N–H and O–H groups in total. The van der Waals surface area contributed by atoms with Crippen molar-refractivity contribution in [2.75, 3.05) is 6.61 Å². The van der Waals surface area contributed by atoms with Gasteiger partial charge in [0.2, 0.25) is 5.78 Å². The van der Waals surface area contributed by atoms with Crippen LogP contribution in [0.5, 0.6) is 0 Å². The Morgan fingerprint density at radius 1 is 1.11 bits per heavy atom. The van der Waals surface area contributed by atoms with Gasteiger partial charge in [-0.05, 0) is 31.2 Å². The maximum absolute atomic E-state index is 12.6. The van der Waals surface area contributed by atoms with E-state index in [1.54, 1.807) is 6.92 Å². The summed E-state index contributed by atoms with van der Waals surface area (Å²) in [6, 6.07) is 5.01. The van der Waals surface area contributed by atoms with Gasteiger partial charge in [-0.25, -0.2) is 9.18 Å². The number of carbonyl (C=O) groups is 3. The predicted octanol–water partition coefficient (Wildman–Crippen LogP) is 1.92. The van der Waals surface area contributed by atoms with E-state index in [1.807, 2.05) is 0 Å². The topological polar surface area (TPSA) is 60.4 Å². The Kier molecular flexibility index (Phi) is 5.17. The molecule has 0 saturated heterocycles. The molecule has 0 bridgehead atoms. The summed E-state index contributed by atoms with van der Waals surface area (Å²) in [5, 5.41) is 0. The number of hydrogen-bond acceptors (Lipinski definition) is 4. The molecule has 0 radical (unpaired) electrons. The Morgan fingerprint density at radius 2 is 1.72 bits per heavy atom. The average molecular weight is 252 g/mol. The van der Waals surface area contributed by atoms with E-state index >= 15 is 0 Å². The second kappa shape index (κ2) is 6.64. The van der Waals surface area contributed by atoms with E-state index in [4.69, 9.17) is 0 Å². The van der Waals surface area contributed by atoms with Crippen LogP contribution >= 0.6 is 0 Å². The van der Waals surface area contributed by atoms with Gasteiger partial charge in [0.05, 0.1) is 6.61 Å². The largest absolute Gasteiger partial charge is 0.460 e. The number of esters is 1. The number of halogens is 1. The van der Waals surface area contributed by atoms with Crippen molar-refractivity contribution in [3.05, 3.63) is 35.6 Å². The number of ether oxygens (including phenoxy) is 1. The molecule has 0 spiro atoms. The quantitative estimate of drug-likeness (QED) is 0.441. The molecular weight excluding hydrogens is 239 g/mol. The average Bonchev–Trinajstić information content (AvgIpc) is 2.36. The monoisotopic (exact) mass is 252 g/mol. The molecule has 0 fully saturated rings. The van der Waals surface area contributed by atoms with Crippen LogP contribution in [-0.2, 0) is 14.3 Å². The van der Waals surface area contributed by atoms with Gasteiger partial charge in [-0.15, -0.1) is 0 Å². The summed E-state index contributed by atoms with van der Waals surface area (Å²) in [5.74, 6) is -2.40. The highest BCUT2D eigenvalue weighted by Gasteiger charge is 2.16. The lowest BCUT2D eigenvalue weighted by atomic mass is 10.1. The molecule has 0 aliphatic rings. The van der Waals surface area contributed by atoms with Crippen molar-refractivity contribution in [3.8, 4) is 0 Å². The lowest BCUT2D eigenvalue weighted by molar-refractivity contribution is -0.153. The summed E-state index contributed by atoms with van der Waals surface area (Å²) in [7, 11) is 0. The van der Waals surface area contributed by atoms with Crippen LogP contribution in [0.4, 0.5) is 4.39 Å². The summed E-state index contributed by atoms with van der Waals surface area (Å²) >= 11 is 0. The van der Waals surface area contributed by atoms with Crippen LogP contribution in [0.25, 0.3) is 0 Å². The zero-order chi connectivity index (χ0) is 13.5. The van der Waals surface area contributed by atoms with Gasteiger partial charge in [-0.3, -0.25) is 9.59 Å². The third-order valence-electron chi connectivity index (χ3n) is 2.25. The van der Waals surface area contributed by atoms with Gasteiger partial charge < -0.3 is 4.74 Å². The molecule has 5 heteroatoms. The number of Topliss-reactive ketones (excluding diaryl/α,β-unsaturated/α-hetero) is 2. The third-order valence-corrected chi connectivity index (χ3v) is 2.25. The van der Waals surface area contributed by atoms with Gasteiger partial charge in [0.15, 0.2) is 5.78 Å². The van der Waals surface area contributed by atoms with Crippen LogP contribution in [0.3, 0.4) is 0 Å². The van der Waals surface area contributed by atoms with Crippen molar-refractivity contribution >= 4 is 17.5 Å². The minimum absolute atomic E-state index is 0.0940. The molecule has 0 heterocycles. The van der Waals surface area contributed by atoms with Gasteiger partial charge in [-0.1, -0.05) is 0 Å². The molecule has 18 heavy (non-hydrogen) atoms. The van der Waals surface area contributed by atoms with E-state index in [9.17, 15) is 18.8 Å². The molecule has 1 aromatic carbocycles. The Hall–Kier alpha value is -2.04. The Labute approximate surface area is 104 Å². The lowest BCUT2D eigenvalue weighted by Gasteiger charge is -2.01. The molecule has 1 rings (SSSR count). The second-order valence-corrected chi connectivity index (χ2v) is 3.57. The van der Waals surface area contributed by atoms with E-state index < -0.39 is 17.6 Å². The fourth-order valence-electron chi connectivity index (χ4n) is 1.32. The van der Waals surface area contributed by atoms with E-state index in [2.05, 4.69) is 4.74 Å². The molecular formula is C13H13FO4. The zero-order valence-electron chi connectivity index (χ0n) is 9.94. The highest BCUT2D eigenvalue weighted by molar-refractivity contribution is 6.34. The number of benzene rings is 1. The molecule has 1 aromatic rings. The SMILES string of the molecule is CCOC(=O)C(=O)CCC(=O)c1ccc(F)cc1. The minimum Gasteiger partial charge on any atom is -0.460 e. The number of hydrogen-bond donors (Lipinski definition) is 0. The Bertz CT molecular complexity index is 451. The van der Waals surface area contributed by atoms with Crippen LogP contribution in [-0.4, -0.2) is 24.1 Å². The summed E-state index contributed by atoms with van der Waals surface area (Å²) < 4.78 is 17.1. The van der Waals surface area contributed by atoms with Crippen molar-refractivity contribution in [1.29, 1.82) is 0 Å². The van der Waals surface area contributed by atoms with Gasteiger partial charge in [0.1, 0.15) is 5.82 Å². The summed E-state index contributed by atoms with van der Waals surface area (Å²) in [5.41, 5.74) is 0.313. The first-order valence-electron chi connectivity index (χ1n) is 5.53. The first kappa shape index (κ1) is 14.0. The number of carbonyl (C=O) groups excluding carboxylic acids is 3. The third kappa shape index (κ3) is 4.08. The molecule has 0 amide bonds. The standard InChI is InChI=1S/C13H13FO4/c1-2-18-13(17)12(16)8-7-11(15)9-3-5-10(14)6-4-9/h3-6H,2,7-8H2,1H3. The fraction of sp³-hybridized carbons (Fsp3) is 0.308. The minimum atomic E-state index is -0.926. The van der Waals surface area contributed by atoms with Crippen LogP contribution in [0.1, 0.15) is 30.1 Å². The Balaban J connectivity index is 2.49. The maximum Gasteiger partial charge on any atom is 0.374 e. The van der Waals surface area contributed by atoms with Crippen molar-refractivity contribution in [1.82, 2.24) is 0 Å². The van der Waals surface area contributed by atoms with Gasteiger partial charge >= 0.3 is 5.97 Å². The molecule has 96 valence electrons. The zero-order valence-corrected chi connectivity index (χ0v) is 9.94. The number of rotatable bonds is 6. The molecule has 0 aromatic heterocycles. The van der Waals surface area contributed by atoms with E-state index in [1.165, 1.54) is 24.3 Å². The molecule has 0 saturated carbocycles. The van der Waals surface area contributed by atoms with Crippen molar-refractivity contribution in [3.63, 3.8) is 0 Å². The van der Waals surface area contributed by atoms with Crippen molar-refractivity contribution < 1.29 is 23.5 Å². The normalized spacial score (nSPS) is 9.89. The van der Waals surface area contributed by atoms with Crippen molar-refractivity contribution in [2.45, 2.75) is 19.8 Å². The molecule has 0 atom stereocenters. The van der Waals surface area contributed by atoms with Gasteiger partial charge in [0, 0.05) is 18.4 Å². The maximum atomic E-state index is 12.6. The van der Waals surface area contributed by atoms with Crippen LogP contribution in [0.15, 0.2) is 24.3 Å². The summed E-state index contributed by atoms with van der Waals surface area (Å²) in [6.07, 6.45) is -0.293. The van der Waals surface area contributed by atoms with E-state index in [0.717, 1.165) is 0 Å². The van der Waals surface area contributed by atoms with E-state index in [-0.39, 0.29) is 25.2 Å². The van der Waals surface area contributed by atoms with Crippen LogP contribution in [0.2, 0.25) is 0 Å². The molecule has 0 unspecified atom stereocenters. The lowest BCUT2D eigenvalue weighted by Crippen LogP contribution is -2.18.